The summed E-state index contributed by atoms with van der Waals surface area (Å²) in [5, 5.41) is 4.36. The van der Waals surface area contributed by atoms with Gasteiger partial charge >= 0.3 is 0 Å². The minimum atomic E-state index is -3.00. The molecule has 10 heteroatoms. The number of aromatic amines is 1. The number of aryl methyl sites for hydroxylation is 1. The molecule has 1 N–H and O–H groups in total. The zero-order chi connectivity index (χ0) is 28.1. The molecular weight excluding hydrogens is 515 g/mol. The second kappa shape index (κ2) is 10.6. The molecule has 0 unspecified atom stereocenters. The van der Waals surface area contributed by atoms with E-state index in [9.17, 15) is 8.42 Å². The Bertz CT molecular complexity index is 1620. The number of H-pyrrole nitrogens is 1. The molecule has 0 amide bonds. The Kier molecular flexibility index (Phi) is 7.54. The summed E-state index contributed by atoms with van der Waals surface area (Å²) in [4.78, 5) is 15.1. The van der Waals surface area contributed by atoms with Crippen molar-refractivity contribution in [2.75, 3.05) is 25.1 Å². The van der Waals surface area contributed by atoms with Gasteiger partial charge in [0.25, 0.3) is 0 Å². The molecule has 0 atom stereocenters. The van der Waals surface area contributed by atoms with Crippen LogP contribution >= 0.6 is 0 Å². The number of nitrogens with zero attached hydrogens (tertiary/aromatic N) is 5. The van der Waals surface area contributed by atoms with Crippen molar-refractivity contribution in [2.24, 2.45) is 0 Å². The first-order valence-corrected chi connectivity index (χ1v) is 16.0. The number of fused-ring (bicyclic) bond motifs is 2. The number of nitrogens with one attached hydrogen (secondary N) is 1. The first kappa shape index (κ1) is 27.7. The van der Waals surface area contributed by atoms with Gasteiger partial charge < -0.3 is 4.98 Å². The molecule has 1 aliphatic carbocycles. The van der Waals surface area contributed by atoms with Gasteiger partial charge in [-0.25, -0.2) is 27.3 Å². The minimum absolute atomic E-state index is 0.0492. The van der Waals surface area contributed by atoms with Crippen LogP contribution in [0.2, 0.25) is 0 Å². The van der Waals surface area contributed by atoms with Crippen molar-refractivity contribution in [1.82, 2.24) is 29.5 Å². The maximum atomic E-state index is 15.6. The van der Waals surface area contributed by atoms with Crippen molar-refractivity contribution < 1.29 is 12.8 Å². The number of aromatic nitrogens is 5. The topological polar surface area (TPSA) is 96.2 Å². The Balaban J connectivity index is 1.47. The van der Waals surface area contributed by atoms with E-state index < -0.39 is 9.84 Å². The Morgan fingerprint density at radius 2 is 1.90 bits per heavy atom. The number of sulfone groups is 1. The zero-order valence-corrected chi connectivity index (χ0v) is 24.6. The quantitative estimate of drug-likeness (QED) is 0.307. The van der Waals surface area contributed by atoms with E-state index >= 15 is 4.39 Å². The van der Waals surface area contributed by atoms with Crippen LogP contribution in [0, 0.1) is 19.7 Å². The Morgan fingerprint density at radius 3 is 2.54 bits per heavy atom. The summed E-state index contributed by atoms with van der Waals surface area (Å²) < 4.78 is 40.7. The van der Waals surface area contributed by atoms with Crippen molar-refractivity contribution in [3.63, 3.8) is 0 Å². The molecule has 8 nitrogen and oxygen atoms in total. The summed E-state index contributed by atoms with van der Waals surface area (Å²) in [6, 6.07) is 1.93. The predicted molar refractivity (Wildman–Crippen MR) is 154 cm³/mol. The van der Waals surface area contributed by atoms with Gasteiger partial charge in [-0.2, -0.15) is 5.10 Å². The van der Waals surface area contributed by atoms with Crippen molar-refractivity contribution in [3.8, 4) is 11.3 Å². The molecule has 0 spiro atoms. The molecule has 4 aromatic heterocycles. The van der Waals surface area contributed by atoms with E-state index in [2.05, 4.69) is 47.7 Å². The highest BCUT2D eigenvalue weighted by Crippen LogP contribution is 2.40. The van der Waals surface area contributed by atoms with E-state index in [1.54, 1.807) is 16.9 Å². The standard InChI is InChI=1S/C29H39FN6O2S/c1-7-35(12-13-39(6,37)38)21-10-8-20(9-11-21)26-23(30)14-24-28(34-26)25(17(2)3)27(33-24)22-15-36-29(31-16-32-36)19(5)18(22)4/h14-17,20-21,33H,7-13H2,1-6H3. The van der Waals surface area contributed by atoms with Gasteiger partial charge in [0.05, 0.1) is 28.2 Å². The Labute approximate surface area is 230 Å². The molecule has 0 aliphatic heterocycles. The smallest absolute Gasteiger partial charge is 0.158 e. The third kappa shape index (κ3) is 5.33. The maximum absolute atomic E-state index is 15.6. The fourth-order valence-electron chi connectivity index (χ4n) is 6.24. The SMILES string of the molecule is CCN(CCS(C)(=O)=O)C1CCC(c2nc3c(C(C)C)c(-c4cn5ncnc5c(C)c4C)[nH]c3cc2F)CC1. The highest BCUT2D eigenvalue weighted by Gasteiger charge is 2.30. The summed E-state index contributed by atoms with van der Waals surface area (Å²) in [5.41, 5.74) is 8.14. The molecule has 39 heavy (non-hydrogen) atoms. The molecule has 4 aromatic rings. The van der Waals surface area contributed by atoms with Crippen LogP contribution in [0.15, 0.2) is 18.6 Å². The Morgan fingerprint density at radius 1 is 1.18 bits per heavy atom. The number of pyridine rings is 2. The van der Waals surface area contributed by atoms with Crippen LogP contribution in [-0.2, 0) is 9.84 Å². The van der Waals surface area contributed by atoms with Crippen LogP contribution in [0.3, 0.4) is 0 Å². The van der Waals surface area contributed by atoms with Gasteiger partial charge in [0, 0.05) is 48.2 Å². The lowest BCUT2D eigenvalue weighted by atomic mass is 9.83. The van der Waals surface area contributed by atoms with Gasteiger partial charge in [-0.1, -0.05) is 20.8 Å². The summed E-state index contributed by atoms with van der Waals surface area (Å²) in [7, 11) is -3.00. The van der Waals surface area contributed by atoms with E-state index in [0.29, 0.717) is 23.8 Å². The summed E-state index contributed by atoms with van der Waals surface area (Å²) >= 11 is 0. The summed E-state index contributed by atoms with van der Waals surface area (Å²) in [6.07, 6.45) is 8.33. The average molecular weight is 555 g/mol. The van der Waals surface area contributed by atoms with Gasteiger partial charge in [-0.15, -0.1) is 0 Å². The molecule has 0 radical (unpaired) electrons. The average Bonchev–Trinajstić information content (AvgIpc) is 3.50. The molecule has 0 bridgehead atoms. The molecule has 1 fully saturated rings. The first-order valence-electron chi connectivity index (χ1n) is 13.9. The summed E-state index contributed by atoms with van der Waals surface area (Å²) in [6.45, 7) is 11.9. The van der Waals surface area contributed by atoms with E-state index in [1.165, 1.54) is 6.26 Å². The molecular formula is C29H39FN6O2S. The minimum Gasteiger partial charge on any atom is -0.353 e. The lowest BCUT2D eigenvalue weighted by Crippen LogP contribution is -2.40. The summed E-state index contributed by atoms with van der Waals surface area (Å²) in [5.74, 6) is 0.130. The molecule has 1 aliphatic rings. The van der Waals surface area contributed by atoms with Crippen molar-refractivity contribution >= 4 is 26.5 Å². The van der Waals surface area contributed by atoms with Crippen molar-refractivity contribution in [1.29, 1.82) is 0 Å². The third-order valence-electron chi connectivity index (χ3n) is 8.52. The molecule has 0 saturated heterocycles. The third-order valence-corrected chi connectivity index (χ3v) is 9.44. The fraction of sp³-hybridized carbons (Fsp3) is 0.552. The van der Waals surface area contributed by atoms with Crippen molar-refractivity contribution in [2.45, 2.75) is 78.2 Å². The van der Waals surface area contributed by atoms with Crippen LogP contribution < -0.4 is 0 Å². The molecule has 1 saturated carbocycles. The number of rotatable bonds is 8. The van der Waals surface area contributed by atoms with Crippen LogP contribution in [0.4, 0.5) is 4.39 Å². The van der Waals surface area contributed by atoms with Gasteiger partial charge in [-0.3, -0.25) is 4.90 Å². The lowest BCUT2D eigenvalue weighted by molar-refractivity contribution is 0.163. The molecule has 210 valence electrons. The Hall–Kier alpha value is -2.85. The normalized spacial score (nSPS) is 18.7. The van der Waals surface area contributed by atoms with Gasteiger partial charge in [-0.05, 0) is 63.1 Å². The largest absolute Gasteiger partial charge is 0.353 e. The molecule has 0 aromatic carbocycles. The van der Waals surface area contributed by atoms with Crippen LogP contribution in [0.1, 0.15) is 80.7 Å². The second-order valence-electron chi connectivity index (χ2n) is 11.4. The van der Waals surface area contributed by atoms with E-state index in [1.807, 2.05) is 13.1 Å². The highest BCUT2D eigenvalue weighted by atomic mass is 32.2. The van der Waals surface area contributed by atoms with E-state index in [-0.39, 0.29) is 23.4 Å². The highest BCUT2D eigenvalue weighted by molar-refractivity contribution is 7.90. The fourth-order valence-corrected chi connectivity index (χ4v) is 6.80. The maximum Gasteiger partial charge on any atom is 0.158 e. The predicted octanol–water partition coefficient (Wildman–Crippen LogP) is 5.54. The zero-order valence-electron chi connectivity index (χ0n) is 23.8. The number of hydrogen-bond donors (Lipinski definition) is 1. The van der Waals surface area contributed by atoms with Crippen LogP contribution in [-0.4, -0.2) is 69.0 Å². The number of halogens is 1. The lowest BCUT2D eigenvalue weighted by Gasteiger charge is -2.36. The van der Waals surface area contributed by atoms with Crippen molar-refractivity contribution in [3.05, 3.63) is 46.8 Å². The monoisotopic (exact) mass is 554 g/mol. The number of hydrogen-bond acceptors (Lipinski definition) is 6. The van der Waals surface area contributed by atoms with Gasteiger partial charge in [0.15, 0.2) is 5.65 Å². The molecule has 5 rings (SSSR count). The van der Waals surface area contributed by atoms with Gasteiger partial charge in [0.2, 0.25) is 0 Å². The van der Waals surface area contributed by atoms with Crippen LogP contribution in [0.25, 0.3) is 27.9 Å². The van der Waals surface area contributed by atoms with E-state index in [0.717, 1.165) is 71.3 Å². The van der Waals surface area contributed by atoms with Gasteiger partial charge in [0.1, 0.15) is 22.0 Å². The second-order valence-corrected chi connectivity index (χ2v) is 13.7. The van der Waals surface area contributed by atoms with Crippen LogP contribution in [0.5, 0.6) is 0 Å². The van der Waals surface area contributed by atoms with E-state index in [4.69, 9.17) is 4.98 Å². The molecule has 4 heterocycles. The first-order chi connectivity index (χ1) is 18.5.